The monoisotopic (exact) mass is 261 g/mol. The van der Waals surface area contributed by atoms with Gasteiger partial charge in [0.25, 0.3) is 0 Å². The van der Waals surface area contributed by atoms with Gasteiger partial charge in [-0.05, 0) is 13.0 Å². The molecule has 2 aromatic heterocycles. The molecule has 0 aliphatic heterocycles. The average molecular weight is 261 g/mol. The lowest BCUT2D eigenvalue weighted by Crippen LogP contribution is -2.09. The minimum Gasteiger partial charge on any atom is -0.465 e. The van der Waals surface area contributed by atoms with Crippen LogP contribution in [0.4, 0.5) is 17.3 Å². The van der Waals surface area contributed by atoms with Gasteiger partial charge < -0.3 is 15.8 Å². The Morgan fingerprint density at radius 2 is 2.32 bits per heavy atom. The number of aromatic nitrogens is 3. The van der Waals surface area contributed by atoms with Gasteiger partial charge in [-0.2, -0.15) is 5.10 Å². The molecule has 0 saturated heterocycles. The van der Waals surface area contributed by atoms with E-state index in [9.17, 15) is 4.79 Å². The summed E-state index contributed by atoms with van der Waals surface area (Å²) in [6.45, 7) is 2.76. The van der Waals surface area contributed by atoms with Crippen molar-refractivity contribution in [3.8, 4) is 0 Å². The predicted molar refractivity (Wildman–Crippen MR) is 71.2 cm³/mol. The fourth-order valence-electron chi connectivity index (χ4n) is 1.59. The maximum Gasteiger partial charge on any atom is 0.340 e. The van der Waals surface area contributed by atoms with Gasteiger partial charge in [0.15, 0.2) is 11.6 Å². The number of nitrogens with one attached hydrogen (secondary N) is 1. The molecule has 2 rings (SSSR count). The first-order chi connectivity index (χ1) is 9.15. The highest BCUT2D eigenvalue weighted by Crippen LogP contribution is 2.23. The minimum absolute atomic E-state index is 0.236. The van der Waals surface area contributed by atoms with Gasteiger partial charge >= 0.3 is 5.97 Å². The molecule has 0 unspecified atom stereocenters. The van der Waals surface area contributed by atoms with E-state index in [1.54, 1.807) is 10.7 Å². The molecule has 0 atom stereocenters. The number of nitrogens with zero attached hydrogens (tertiary/aromatic N) is 3. The smallest absolute Gasteiger partial charge is 0.340 e. The number of hydrogen-bond acceptors (Lipinski definition) is 6. The zero-order valence-corrected chi connectivity index (χ0v) is 10.8. The second-order valence-electron chi connectivity index (χ2n) is 3.79. The van der Waals surface area contributed by atoms with Crippen molar-refractivity contribution in [3.63, 3.8) is 0 Å². The zero-order chi connectivity index (χ0) is 13.8. The van der Waals surface area contributed by atoms with Crippen LogP contribution in [0, 0.1) is 0 Å². The summed E-state index contributed by atoms with van der Waals surface area (Å²) in [7, 11) is 1.30. The molecule has 7 heteroatoms. The highest BCUT2D eigenvalue weighted by Gasteiger charge is 2.14. The predicted octanol–water partition coefficient (Wildman–Crippen LogP) is 1.41. The first-order valence-corrected chi connectivity index (χ1v) is 5.79. The van der Waals surface area contributed by atoms with Crippen LogP contribution in [0.2, 0.25) is 0 Å². The lowest BCUT2D eigenvalue weighted by atomic mass is 10.2. The van der Waals surface area contributed by atoms with Crippen molar-refractivity contribution in [3.05, 3.63) is 30.1 Å². The van der Waals surface area contributed by atoms with Gasteiger partial charge in [-0.1, -0.05) is 0 Å². The normalized spacial score (nSPS) is 10.2. The van der Waals surface area contributed by atoms with E-state index < -0.39 is 5.97 Å². The van der Waals surface area contributed by atoms with Crippen LogP contribution in [0.15, 0.2) is 24.5 Å². The summed E-state index contributed by atoms with van der Waals surface area (Å²) >= 11 is 0. The van der Waals surface area contributed by atoms with Crippen molar-refractivity contribution >= 4 is 23.3 Å². The van der Waals surface area contributed by atoms with E-state index in [0.717, 1.165) is 6.54 Å². The highest BCUT2D eigenvalue weighted by molar-refractivity contribution is 5.97. The number of pyridine rings is 1. The lowest BCUT2D eigenvalue weighted by Gasteiger charge is -2.08. The third-order valence-corrected chi connectivity index (χ3v) is 2.61. The molecule has 0 fully saturated rings. The second kappa shape index (κ2) is 5.38. The number of hydrogen-bond donors (Lipinski definition) is 2. The van der Waals surface area contributed by atoms with Crippen molar-refractivity contribution < 1.29 is 9.53 Å². The van der Waals surface area contributed by atoms with Gasteiger partial charge in [-0.3, -0.25) is 4.68 Å². The quantitative estimate of drug-likeness (QED) is 0.808. The molecule has 0 aromatic carbocycles. The minimum atomic E-state index is -0.498. The molecular weight excluding hydrogens is 246 g/mol. The van der Waals surface area contributed by atoms with Crippen molar-refractivity contribution in [2.45, 2.75) is 13.5 Å². The van der Waals surface area contributed by atoms with Crippen molar-refractivity contribution in [2.75, 3.05) is 18.2 Å². The van der Waals surface area contributed by atoms with Gasteiger partial charge in [0.05, 0.1) is 18.4 Å². The Kier molecular flexibility index (Phi) is 3.65. The van der Waals surface area contributed by atoms with Crippen LogP contribution in [-0.4, -0.2) is 27.8 Å². The number of nitrogen functional groups attached to an aromatic ring is 1. The summed E-state index contributed by atoms with van der Waals surface area (Å²) in [5.74, 6) is 0.495. The Hall–Kier alpha value is -2.57. The Labute approximate surface area is 110 Å². The topological polar surface area (TPSA) is 95.1 Å². The summed E-state index contributed by atoms with van der Waals surface area (Å²) < 4.78 is 6.42. The zero-order valence-electron chi connectivity index (χ0n) is 10.8. The molecule has 2 heterocycles. The van der Waals surface area contributed by atoms with Crippen LogP contribution in [0.3, 0.4) is 0 Å². The summed E-state index contributed by atoms with van der Waals surface area (Å²) in [6.07, 6.45) is 3.32. The van der Waals surface area contributed by atoms with Crippen LogP contribution in [0.1, 0.15) is 17.3 Å². The fourth-order valence-corrected chi connectivity index (χ4v) is 1.59. The molecule has 0 amide bonds. The van der Waals surface area contributed by atoms with Crippen molar-refractivity contribution in [1.82, 2.24) is 14.8 Å². The number of carbonyl (C=O) groups is 1. The molecule has 0 radical (unpaired) electrons. The summed E-state index contributed by atoms with van der Waals surface area (Å²) in [5.41, 5.74) is 6.40. The van der Waals surface area contributed by atoms with E-state index >= 15 is 0 Å². The van der Waals surface area contributed by atoms with Gasteiger partial charge in [0, 0.05) is 25.0 Å². The Bertz CT molecular complexity index is 594. The lowest BCUT2D eigenvalue weighted by molar-refractivity contribution is 0.0602. The SMILES string of the molecule is CCn1ccc(Nc2nccc(C(=O)OC)c2N)n1. The fraction of sp³-hybridized carbons (Fsp3) is 0.250. The van der Waals surface area contributed by atoms with Crippen LogP contribution >= 0.6 is 0 Å². The first-order valence-electron chi connectivity index (χ1n) is 5.79. The third-order valence-electron chi connectivity index (χ3n) is 2.61. The number of anilines is 3. The van der Waals surface area contributed by atoms with Crippen molar-refractivity contribution in [2.24, 2.45) is 0 Å². The van der Waals surface area contributed by atoms with E-state index in [-0.39, 0.29) is 11.3 Å². The molecule has 3 N–H and O–H groups in total. The van der Waals surface area contributed by atoms with Crippen LogP contribution < -0.4 is 11.1 Å². The molecular formula is C12H15N5O2. The molecule has 7 nitrogen and oxygen atoms in total. The van der Waals surface area contributed by atoms with Gasteiger partial charge in [0.2, 0.25) is 0 Å². The maximum absolute atomic E-state index is 11.5. The number of rotatable bonds is 4. The third kappa shape index (κ3) is 2.65. The largest absolute Gasteiger partial charge is 0.465 e. The van der Waals surface area contributed by atoms with E-state index in [0.29, 0.717) is 11.6 Å². The van der Waals surface area contributed by atoms with E-state index in [2.05, 4.69) is 20.1 Å². The summed E-state index contributed by atoms with van der Waals surface area (Å²) in [6, 6.07) is 3.31. The molecule has 0 spiro atoms. The van der Waals surface area contributed by atoms with Gasteiger partial charge in [-0.15, -0.1) is 0 Å². The molecule has 2 aromatic rings. The van der Waals surface area contributed by atoms with E-state index in [1.807, 2.05) is 13.1 Å². The van der Waals surface area contributed by atoms with Crippen LogP contribution in [-0.2, 0) is 11.3 Å². The van der Waals surface area contributed by atoms with Crippen LogP contribution in [0.25, 0.3) is 0 Å². The summed E-state index contributed by atoms with van der Waals surface area (Å²) in [5, 5.41) is 7.22. The second-order valence-corrected chi connectivity index (χ2v) is 3.79. The number of ether oxygens (including phenoxy) is 1. The highest BCUT2D eigenvalue weighted by atomic mass is 16.5. The molecule has 0 saturated carbocycles. The Morgan fingerprint density at radius 1 is 1.53 bits per heavy atom. The molecule has 19 heavy (non-hydrogen) atoms. The number of methoxy groups -OCH3 is 1. The number of aryl methyl sites for hydroxylation is 1. The maximum atomic E-state index is 11.5. The van der Waals surface area contributed by atoms with E-state index in [1.165, 1.54) is 19.4 Å². The number of carbonyl (C=O) groups excluding carboxylic acids is 1. The van der Waals surface area contributed by atoms with E-state index in [4.69, 9.17) is 5.73 Å². The average Bonchev–Trinajstić information content (AvgIpc) is 2.88. The van der Waals surface area contributed by atoms with Gasteiger partial charge in [-0.25, -0.2) is 9.78 Å². The number of esters is 1. The molecule has 100 valence electrons. The first kappa shape index (κ1) is 12.9. The molecule has 0 aliphatic carbocycles. The van der Waals surface area contributed by atoms with Crippen LogP contribution in [0.5, 0.6) is 0 Å². The molecule has 0 bridgehead atoms. The molecule has 0 aliphatic rings. The standard InChI is InChI=1S/C12H15N5O2/c1-3-17-7-5-9(16-17)15-11-10(13)8(4-6-14-11)12(18)19-2/h4-7H,3,13H2,1-2H3,(H,14,15,16). The Balaban J connectivity index is 2.27. The van der Waals surface area contributed by atoms with Crippen molar-refractivity contribution in [1.29, 1.82) is 0 Å². The Morgan fingerprint density at radius 3 is 2.95 bits per heavy atom. The van der Waals surface area contributed by atoms with Gasteiger partial charge in [0.1, 0.15) is 0 Å². The number of nitrogens with two attached hydrogens (primary N) is 1. The summed E-state index contributed by atoms with van der Waals surface area (Å²) in [4.78, 5) is 15.6.